The van der Waals surface area contributed by atoms with Gasteiger partial charge in [-0.2, -0.15) is 16.4 Å². The van der Waals surface area contributed by atoms with Gasteiger partial charge in [-0.3, -0.25) is 4.68 Å². The highest BCUT2D eigenvalue weighted by molar-refractivity contribution is 7.07. The van der Waals surface area contributed by atoms with Gasteiger partial charge >= 0.3 is 0 Å². The van der Waals surface area contributed by atoms with Crippen molar-refractivity contribution in [3.8, 4) is 0 Å². The molecule has 1 atom stereocenters. The Hall–Kier alpha value is -1.20. The van der Waals surface area contributed by atoms with Gasteiger partial charge in [0.2, 0.25) is 0 Å². The molecule has 0 fully saturated rings. The molecule has 0 amide bonds. The summed E-state index contributed by atoms with van der Waals surface area (Å²) in [6, 6.07) is 2.23. The Morgan fingerprint density at radius 3 is 3.00 bits per heavy atom. The summed E-state index contributed by atoms with van der Waals surface area (Å²) in [5, 5.41) is 8.23. The quantitative estimate of drug-likeness (QED) is 0.839. The molecule has 0 spiro atoms. The third-order valence-corrected chi connectivity index (χ3v) is 3.06. The molecule has 2 N–H and O–H groups in total. The predicted octanol–water partition coefficient (Wildman–Crippen LogP) is 0.989. The fourth-order valence-electron chi connectivity index (χ4n) is 1.52. The first-order valence-corrected chi connectivity index (χ1v) is 5.79. The van der Waals surface area contributed by atoms with Gasteiger partial charge in [-0.25, -0.2) is 4.98 Å². The zero-order chi connectivity index (χ0) is 10.7. The SMILES string of the molecule is Cn1ncnc1CC(N)Cc1ccsc1. The van der Waals surface area contributed by atoms with Gasteiger partial charge in [-0.1, -0.05) is 0 Å². The first-order valence-electron chi connectivity index (χ1n) is 4.85. The molecule has 4 nitrogen and oxygen atoms in total. The summed E-state index contributed by atoms with van der Waals surface area (Å²) >= 11 is 1.70. The summed E-state index contributed by atoms with van der Waals surface area (Å²) in [4.78, 5) is 4.16. The minimum atomic E-state index is 0.113. The van der Waals surface area contributed by atoms with E-state index >= 15 is 0 Å². The highest BCUT2D eigenvalue weighted by atomic mass is 32.1. The van der Waals surface area contributed by atoms with Crippen LogP contribution in [0.25, 0.3) is 0 Å². The van der Waals surface area contributed by atoms with Crippen molar-refractivity contribution in [1.29, 1.82) is 0 Å². The maximum atomic E-state index is 6.05. The number of hydrogen-bond acceptors (Lipinski definition) is 4. The summed E-state index contributed by atoms with van der Waals surface area (Å²) in [5.74, 6) is 0.942. The molecule has 0 bridgehead atoms. The lowest BCUT2D eigenvalue weighted by molar-refractivity contribution is 0.603. The highest BCUT2D eigenvalue weighted by Gasteiger charge is 2.09. The molecule has 0 aliphatic carbocycles. The summed E-state index contributed by atoms with van der Waals surface area (Å²) in [7, 11) is 1.89. The lowest BCUT2D eigenvalue weighted by atomic mass is 10.1. The van der Waals surface area contributed by atoms with Crippen LogP contribution in [-0.4, -0.2) is 20.8 Å². The van der Waals surface area contributed by atoms with E-state index in [1.807, 2.05) is 7.05 Å². The Morgan fingerprint density at radius 1 is 1.53 bits per heavy atom. The fraction of sp³-hybridized carbons (Fsp3) is 0.400. The number of aromatic nitrogens is 3. The lowest BCUT2D eigenvalue weighted by Crippen LogP contribution is -2.26. The van der Waals surface area contributed by atoms with Crippen molar-refractivity contribution in [2.75, 3.05) is 0 Å². The minimum Gasteiger partial charge on any atom is -0.327 e. The van der Waals surface area contributed by atoms with Crippen molar-refractivity contribution in [2.24, 2.45) is 12.8 Å². The molecule has 5 heteroatoms. The molecule has 2 aromatic heterocycles. The molecule has 0 saturated carbocycles. The van der Waals surface area contributed by atoms with Crippen molar-refractivity contribution < 1.29 is 0 Å². The average molecular weight is 222 g/mol. The smallest absolute Gasteiger partial charge is 0.138 e. The zero-order valence-electron chi connectivity index (χ0n) is 8.63. The molecular weight excluding hydrogens is 208 g/mol. The zero-order valence-corrected chi connectivity index (χ0v) is 9.44. The second-order valence-electron chi connectivity index (χ2n) is 3.60. The Bertz CT molecular complexity index is 407. The molecule has 2 rings (SSSR count). The Labute approximate surface area is 92.8 Å². The van der Waals surface area contributed by atoms with E-state index in [-0.39, 0.29) is 6.04 Å². The molecule has 2 aromatic rings. The van der Waals surface area contributed by atoms with Crippen LogP contribution in [0.15, 0.2) is 23.2 Å². The standard InChI is InChI=1S/C10H14N4S/c1-14-10(12-7-13-14)5-9(11)4-8-2-3-15-6-8/h2-3,6-7,9H,4-5,11H2,1H3. The summed E-state index contributed by atoms with van der Waals surface area (Å²) in [6.07, 6.45) is 3.23. The Balaban J connectivity index is 1.93. The predicted molar refractivity (Wildman–Crippen MR) is 60.7 cm³/mol. The van der Waals surface area contributed by atoms with Gasteiger partial charge in [0.15, 0.2) is 0 Å². The van der Waals surface area contributed by atoms with Crippen molar-refractivity contribution in [1.82, 2.24) is 14.8 Å². The third-order valence-electron chi connectivity index (χ3n) is 2.33. The van der Waals surface area contributed by atoms with E-state index in [1.54, 1.807) is 22.3 Å². The molecule has 80 valence electrons. The molecule has 0 radical (unpaired) electrons. The first-order chi connectivity index (χ1) is 7.25. The van der Waals surface area contributed by atoms with Crippen LogP contribution in [0.5, 0.6) is 0 Å². The van der Waals surface area contributed by atoms with Gasteiger partial charge in [0, 0.05) is 19.5 Å². The first kappa shape index (κ1) is 10.3. The Morgan fingerprint density at radius 2 is 2.40 bits per heavy atom. The van der Waals surface area contributed by atoms with E-state index in [0.717, 1.165) is 18.7 Å². The summed E-state index contributed by atoms with van der Waals surface area (Å²) in [6.45, 7) is 0. The van der Waals surface area contributed by atoms with Crippen molar-refractivity contribution >= 4 is 11.3 Å². The van der Waals surface area contributed by atoms with E-state index in [0.29, 0.717) is 0 Å². The van der Waals surface area contributed by atoms with Gasteiger partial charge in [-0.15, -0.1) is 0 Å². The molecule has 0 saturated heterocycles. The molecular formula is C10H14N4S. The lowest BCUT2D eigenvalue weighted by Gasteiger charge is -2.09. The second-order valence-corrected chi connectivity index (χ2v) is 4.38. The van der Waals surface area contributed by atoms with Crippen molar-refractivity contribution in [3.63, 3.8) is 0 Å². The van der Waals surface area contributed by atoms with Crippen LogP contribution in [0.2, 0.25) is 0 Å². The van der Waals surface area contributed by atoms with Crippen LogP contribution in [0.3, 0.4) is 0 Å². The number of aryl methyl sites for hydroxylation is 1. The van der Waals surface area contributed by atoms with Crippen LogP contribution in [0, 0.1) is 0 Å². The van der Waals surface area contributed by atoms with Gasteiger partial charge in [0.05, 0.1) is 0 Å². The van der Waals surface area contributed by atoms with Crippen LogP contribution in [0.1, 0.15) is 11.4 Å². The van der Waals surface area contributed by atoms with Crippen LogP contribution >= 0.6 is 11.3 Å². The summed E-state index contributed by atoms with van der Waals surface area (Å²) < 4.78 is 1.77. The van der Waals surface area contributed by atoms with E-state index < -0.39 is 0 Å². The normalized spacial score (nSPS) is 12.9. The number of rotatable bonds is 4. The molecule has 0 aliphatic rings. The third kappa shape index (κ3) is 2.64. The number of thiophene rings is 1. The van der Waals surface area contributed by atoms with E-state index in [2.05, 4.69) is 26.9 Å². The maximum absolute atomic E-state index is 6.05. The maximum Gasteiger partial charge on any atom is 0.138 e. The van der Waals surface area contributed by atoms with E-state index in [9.17, 15) is 0 Å². The number of nitrogens with two attached hydrogens (primary N) is 1. The van der Waals surface area contributed by atoms with Crippen molar-refractivity contribution in [3.05, 3.63) is 34.5 Å². The molecule has 15 heavy (non-hydrogen) atoms. The van der Waals surface area contributed by atoms with Crippen LogP contribution in [0.4, 0.5) is 0 Å². The van der Waals surface area contributed by atoms with Crippen LogP contribution < -0.4 is 5.73 Å². The van der Waals surface area contributed by atoms with Gasteiger partial charge in [0.25, 0.3) is 0 Å². The minimum absolute atomic E-state index is 0.113. The van der Waals surface area contributed by atoms with Crippen molar-refractivity contribution in [2.45, 2.75) is 18.9 Å². The van der Waals surface area contributed by atoms with E-state index in [1.165, 1.54) is 5.56 Å². The molecule has 0 aliphatic heterocycles. The monoisotopic (exact) mass is 222 g/mol. The second kappa shape index (κ2) is 4.55. The summed E-state index contributed by atoms with van der Waals surface area (Å²) in [5.41, 5.74) is 7.35. The van der Waals surface area contributed by atoms with E-state index in [4.69, 9.17) is 5.73 Å². The molecule has 1 unspecified atom stereocenters. The largest absolute Gasteiger partial charge is 0.327 e. The topological polar surface area (TPSA) is 56.7 Å². The molecule has 0 aromatic carbocycles. The number of hydrogen-bond donors (Lipinski definition) is 1. The molecule has 2 heterocycles. The fourth-order valence-corrected chi connectivity index (χ4v) is 2.20. The number of nitrogens with zero attached hydrogens (tertiary/aromatic N) is 3. The van der Waals surface area contributed by atoms with Gasteiger partial charge in [-0.05, 0) is 28.8 Å². The van der Waals surface area contributed by atoms with Crippen LogP contribution in [-0.2, 0) is 19.9 Å². The van der Waals surface area contributed by atoms with Gasteiger partial charge in [0.1, 0.15) is 12.2 Å². The highest BCUT2D eigenvalue weighted by Crippen LogP contribution is 2.09. The van der Waals surface area contributed by atoms with Gasteiger partial charge < -0.3 is 5.73 Å². The Kier molecular flexibility index (Phi) is 3.13. The average Bonchev–Trinajstić information content (AvgIpc) is 2.79.